The number of ether oxygens (including phenoxy) is 3. The summed E-state index contributed by atoms with van der Waals surface area (Å²) in [6, 6.07) is 22.6. The molecule has 0 aliphatic heterocycles. The molecular weight excluding hydrogens is 697 g/mol. The van der Waals surface area contributed by atoms with E-state index < -0.39 is 17.1 Å². The lowest BCUT2D eigenvalue weighted by Gasteiger charge is -2.33. The summed E-state index contributed by atoms with van der Waals surface area (Å²) in [6.45, 7) is 10.0. The van der Waals surface area contributed by atoms with Crippen LogP contribution in [0.25, 0.3) is 0 Å². The highest BCUT2D eigenvalue weighted by Gasteiger charge is 2.47. The molecule has 0 saturated carbocycles. The van der Waals surface area contributed by atoms with Crippen LogP contribution < -0.4 is 14.2 Å². The highest BCUT2D eigenvalue weighted by Crippen LogP contribution is 2.36. The maximum atomic E-state index is 14.8. The van der Waals surface area contributed by atoms with Crippen LogP contribution in [0.1, 0.15) is 160 Å². The van der Waals surface area contributed by atoms with Crippen molar-refractivity contribution in [3.63, 3.8) is 0 Å². The van der Waals surface area contributed by atoms with E-state index in [1.807, 2.05) is 72.8 Å². The zero-order valence-electron chi connectivity index (χ0n) is 35.3. The van der Waals surface area contributed by atoms with Gasteiger partial charge in [0.05, 0.1) is 25.7 Å². The Bertz CT molecular complexity index is 1500. The number of rotatable bonds is 33. The van der Waals surface area contributed by atoms with Gasteiger partial charge >= 0.3 is 0 Å². The van der Waals surface area contributed by atoms with Crippen molar-refractivity contribution >= 4 is 17.9 Å². The minimum Gasteiger partial charge on any atom is -0.494 e. The molecular formula is C50H72O6. The van der Waals surface area contributed by atoms with Crippen molar-refractivity contribution < 1.29 is 28.6 Å². The zero-order chi connectivity index (χ0) is 40.3. The summed E-state index contributed by atoms with van der Waals surface area (Å²) in [5.74, 6) is 0.516. The zero-order valence-corrected chi connectivity index (χ0v) is 35.3. The second-order valence-corrected chi connectivity index (χ2v) is 15.6. The van der Waals surface area contributed by atoms with E-state index >= 15 is 0 Å². The standard InChI is InChI=1S/C50H72O6/c1-5-8-11-13-14-15-16-17-19-22-37-56-48-33-27-45(28-34-48)50(41(4)52,39-43-25-31-47(32-26-43)54-35-20-10-7-3)49(53)44(40-51)38-42-23-29-46(30-24-42)55-36-21-18-12-9-6-2/h23-34,40,44H,5-22,35-39H2,1-4H3. The van der Waals surface area contributed by atoms with E-state index in [4.69, 9.17) is 14.2 Å². The maximum Gasteiger partial charge on any atom is 0.161 e. The van der Waals surface area contributed by atoms with Crippen molar-refractivity contribution in [1.29, 1.82) is 0 Å². The number of hydrogen-bond acceptors (Lipinski definition) is 6. The Morgan fingerprint density at radius 2 is 0.875 bits per heavy atom. The number of Topliss-reactive ketones (excluding diaryl/α,β-unsaturated/α-hetero) is 2. The van der Waals surface area contributed by atoms with E-state index in [1.54, 1.807) is 0 Å². The summed E-state index contributed by atoms with van der Waals surface area (Å²) in [7, 11) is 0. The van der Waals surface area contributed by atoms with Gasteiger partial charge in [0.1, 0.15) is 34.7 Å². The van der Waals surface area contributed by atoms with Crippen molar-refractivity contribution in [2.24, 2.45) is 5.92 Å². The quantitative estimate of drug-likeness (QED) is 0.0349. The molecule has 0 saturated heterocycles. The minimum atomic E-state index is -1.56. The van der Waals surface area contributed by atoms with Crippen LogP contribution in [0.3, 0.4) is 0 Å². The van der Waals surface area contributed by atoms with Crippen LogP contribution in [0.2, 0.25) is 0 Å². The predicted octanol–water partition coefficient (Wildman–Crippen LogP) is 12.6. The molecule has 3 aromatic carbocycles. The van der Waals surface area contributed by atoms with Crippen LogP contribution in [0.15, 0.2) is 72.8 Å². The number of aldehydes is 1. The van der Waals surface area contributed by atoms with Gasteiger partial charge in [-0.3, -0.25) is 9.59 Å². The van der Waals surface area contributed by atoms with Gasteiger partial charge < -0.3 is 19.0 Å². The monoisotopic (exact) mass is 769 g/mol. The van der Waals surface area contributed by atoms with E-state index in [0.717, 1.165) is 67.6 Å². The summed E-state index contributed by atoms with van der Waals surface area (Å²) < 4.78 is 18.0. The molecule has 0 N–H and O–H groups in total. The normalized spacial score (nSPS) is 12.8. The average Bonchev–Trinajstić information content (AvgIpc) is 3.22. The Hall–Kier alpha value is -3.93. The lowest BCUT2D eigenvalue weighted by atomic mass is 9.66. The molecule has 2 unspecified atom stereocenters. The maximum absolute atomic E-state index is 14.8. The first-order valence-corrected chi connectivity index (χ1v) is 22.0. The first kappa shape index (κ1) is 46.5. The Morgan fingerprint density at radius 3 is 1.29 bits per heavy atom. The minimum absolute atomic E-state index is 0.130. The van der Waals surface area contributed by atoms with Gasteiger partial charge in [0.15, 0.2) is 5.78 Å². The Labute approximate surface area is 339 Å². The Balaban J connectivity index is 1.74. The summed E-state index contributed by atoms with van der Waals surface area (Å²) in [5, 5.41) is 0. The summed E-state index contributed by atoms with van der Waals surface area (Å²) in [6.07, 6.45) is 22.7. The molecule has 6 nitrogen and oxygen atoms in total. The third kappa shape index (κ3) is 16.3. The number of unbranched alkanes of at least 4 members (excludes halogenated alkanes) is 15. The van der Waals surface area contributed by atoms with Crippen molar-refractivity contribution in [3.8, 4) is 17.2 Å². The molecule has 0 heterocycles. The second kappa shape index (κ2) is 27.6. The van der Waals surface area contributed by atoms with Gasteiger partial charge in [-0.2, -0.15) is 0 Å². The molecule has 308 valence electrons. The van der Waals surface area contributed by atoms with Gasteiger partial charge in [0.2, 0.25) is 0 Å². The molecule has 6 heteroatoms. The Kier molecular flexibility index (Phi) is 22.9. The third-order valence-corrected chi connectivity index (χ3v) is 10.9. The van der Waals surface area contributed by atoms with Gasteiger partial charge in [-0.1, -0.05) is 153 Å². The van der Waals surface area contributed by atoms with Gasteiger partial charge in [-0.15, -0.1) is 0 Å². The van der Waals surface area contributed by atoms with Gasteiger partial charge in [0.25, 0.3) is 0 Å². The largest absolute Gasteiger partial charge is 0.494 e. The van der Waals surface area contributed by atoms with Gasteiger partial charge in [0, 0.05) is 0 Å². The molecule has 0 aliphatic carbocycles. The molecule has 0 radical (unpaired) electrons. The number of ketones is 2. The molecule has 0 spiro atoms. The smallest absolute Gasteiger partial charge is 0.161 e. The SMILES string of the molecule is CCCCCCCCCCCCOc1ccc(C(Cc2ccc(OCCCCC)cc2)(C(C)=O)C(=O)C(C=O)Cc2ccc(OCCCCCCC)cc2)cc1. The lowest BCUT2D eigenvalue weighted by molar-refractivity contribution is -0.138. The topological polar surface area (TPSA) is 78.9 Å². The molecule has 3 aromatic rings. The number of benzene rings is 3. The van der Waals surface area contributed by atoms with Crippen LogP contribution in [-0.4, -0.2) is 37.7 Å². The molecule has 56 heavy (non-hydrogen) atoms. The van der Waals surface area contributed by atoms with E-state index in [2.05, 4.69) is 20.8 Å². The van der Waals surface area contributed by atoms with Crippen LogP contribution >= 0.6 is 0 Å². The van der Waals surface area contributed by atoms with E-state index in [9.17, 15) is 14.4 Å². The first-order chi connectivity index (χ1) is 27.4. The fraction of sp³-hybridized carbons (Fsp3) is 0.580. The molecule has 0 amide bonds. The molecule has 3 rings (SSSR count). The van der Waals surface area contributed by atoms with Crippen LogP contribution in [0.4, 0.5) is 0 Å². The van der Waals surface area contributed by atoms with Gasteiger partial charge in [-0.05, 0) is 92.1 Å². The van der Waals surface area contributed by atoms with Crippen molar-refractivity contribution in [2.45, 2.75) is 162 Å². The van der Waals surface area contributed by atoms with E-state index in [0.29, 0.717) is 37.4 Å². The highest BCUT2D eigenvalue weighted by atomic mass is 16.5. The van der Waals surface area contributed by atoms with Crippen molar-refractivity contribution in [1.82, 2.24) is 0 Å². The van der Waals surface area contributed by atoms with E-state index in [1.165, 1.54) is 77.6 Å². The summed E-state index contributed by atoms with van der Waals surface area (Å²) >= 11 is 0. The highest BCUT2D eigenvalue weighted by molar-refractivity contribution is 6.16. The van der Waals surface area contributed by atoms with E-state index in [-0.39, 0.29) is 18.6 Å². The number of hydrogen-bond donors (Lipinski definition) is 0. The number of carbonyl (C=O) groups excluding carboxylic acids is 3. The molecule has 2 atom stereocenters. The molecule has 0 fully saturated rings. The average molecular weight is 769 g/mol. The van der Waals surface area contributed by atoms with Crippen LogP contribution in [0, 0.1) is 5.92 Å². The van der Waals surface area contributed by atoms with Crippen molar-refractivity contribution in [3.05, 3.63) is 89.5 Å². The Morgan fingerprint density at radius 1 is 0.518 bits per heavy atom. The third-order valence-electron chi connectivity index (χ3n) is 10.9. The second-order valence-electron chi connectivity index (χ2n) is 15.6. The first-order valence-electron chi connectivity index (χ1n) is 22.0. The number of carbonyl (C=O) groups is 3. The molecule has 0 aliphatic rings. The van der Waals surface area contributed by atoms with Crippen LogP contribution in [0.5, 0.6) is 17.2 Å². The van der Waals surface area contributed by atoms with Gasteiger partial charge in [-0.25, -0.2) is 0 Å². The van der Waals surface area contributed by atoms with Crippen LogP contribution in [-0.2, 0) is 32.6 Å². The predicted molar refractivity (Wildman–Crippen MR) is 230 cm³/mol. The molecule has 0 bridgehead atoms. The lowest BCUT2D eigenvalue weighted by Crippen LogP contribution is -2.48. The summed E-state index contributed by atoms with van der Waals surface area (Å²) in [5.41, 5.74) is 0.654. The van der Waals surface area contributed by atoms with Crippen molar-refractivity contribution in [2.75, 3.05) is 19.8 Å². The fourth-order valence-corrected chi connectivity index (χ4v) is 7.39. The fourth-order valence-electron chi connectivity index (χ4n) is 7.39. The summed E-state index contributed by atoms with van der Waals surface area (Å²) in [4.78, 5) is 41.5. The molecule has 0 aromatic heterocycles.